The third-order valence-corrected chi connectivity index (χ3v) is 4.03. The molecule has 0 spiro atoms. The minimum atomic E-state index is -0.720. The molecule has 0 aliphatic carbocycles. The maximum atomic E-state index is 10.5. The van der Waals surface area contributed by atoms with Gasteiger partial charge in [0.1, 0.15) is 11.9 Å². The minimum absolute atomic E-state index is 0.191. The first-order valence-electron chi connectivity index (χ1n) is 8.72. The average molecular weight is 355 g/mol. The molecule has 138 valence electrons. The largest absolute Gasteiger partial charge is 0.467 e. The van der Waals surface area contributed by atoms with Crippen LogP contribution in [-0.2, 0) is 18.5 Å². The van der Waals surface area contributed by atoms with E-state index in [1.54, 1.807) is 18.4 Å². The first-order valence-corrected chi connectivity index (χ1v) is 8.72. The molecule has 0 bridgehead atoms. The van der Waals surface area contributed by atoms with E-state index < -0.39 is 6.10 Å². The number of aliphatic hydroxyl groups is 1. The Labute approximate surface area is 153 Å². The molecule has 0 amide bonds. The summed E-state index contributed by atoms with van der Waals surface area (Å²) >= 11 is 0. The Balaban J connectivity index is 1.74. The Hall–Kier alpha value is -2.44. The van der Waals surface area contributed by atoms with E-state index in [-0.39, 0.29) is 5.41 Å². The Bertz CT molecular complexity index is 791. The van der Waals surface area contributed by atoms with Crippen molar-refractivity contribution in [1.29, 1.82) is 0 Å². The van der Waals surface area contributed by atoms with E-state index in [0.717, 1.165) is 5.56 Å². The number of rotatable bonds is 7. The van der Waals surface area contributed by atoms with Crippen molar-refractivity contribution in [2.45, 2.75) is 45.4 Å². The Morgan fingerprint density at radius 3 is 2.46 bits per heavy atom. The minimum Gasteiger partial charge on any atom is -0.467 e. The van der Waals surface area contributed by atoms with Gasteiger partial charge in [0.05, 0.1) is 12.8 Å². The van der Waals surface area contributed by atoms with Crippen LogP contribution < -0.4 is 0 Å². The average Bonchev–Trinajstić information content (AvgIpc) is 3.27. The van der Waals surface area contributed by atoms with Crippen molar-refractivity contribution in [2.24, 2.45) is 0 Å². The molecule has 2 aromatic heterocycles. The van der Waals surface area contributed by atoms with Crippen LogP contribution in [-0.4, -0.2) is 26.7 Å². The molecular weight excluding hydrogens is 330 g/mol. The van der Waals surface area contributed by atoms with Crippen LogP contribution >= 0.6 is 0 Å². The number of nitrogens with zero attached hydrogens (tertiary/aromatic N) is 3. The van der Waals surface area contributed by atoms with E-state index in [1.807, 2.05) is 39.0 Å². The smallest absolute Gasteiger partial charge is 0.232 e. The van der Waals surface area contributed by atoms with Crippen LogP contribution in [0.2, 0.25) is 0 Å². The first-order chi connectivity index (χ1) is 12.4. The zero-order valence-electron chi connectivity index (χ0n) is 15.4. The fourth-order valence-corrected chi connectivity index (χ4v) is 2.66. The normalized spacial score (nSPS) is 13.3. The number of aromatic nitrogens is 2. The molecule has 3 rings (SSSR count). The van der Waals surface area contributed by atoms with Crippen LogP contribution in [0.25, 0.3) is 0 Å². The summed E-state index contributed by atoms with van der Waals surface area (Å²) in [6.07, 6.45) is 0.845. The predicted molar refractivity (Wildman–Crippen MR) is 97.2 cm³/mol. The summed E-state index contributed by atoms with van der Waals surface area (Å²) in [6, 6.07) is 13.7. The predicted octanol–water partition coefficient (Wildman–Crippen LogP) is 3.70. The zero-order valence-corrected chi connectivity index (χ0v) is 15.4. The van der Waals surface area contributed by atoms with Gasteiger partial charge in [-0.25, -0.2) is 0 Å². The van der Waals surface area contributed by atoms with Gasteiger partial charge in [-0.1, -0.05) is 56.3 Å². The molecule has 3 aromatic rings. The number of hydrogen-bond donors (Lipinski definition) is 1. The number of benzene rings is 1. The van der Waals surface area contributed by atoms with Gasteiger partial charge in [0.2, 0.25) is 5.89 Å². The highest BCUT2D eigenvalue weighted by Crippen LogP contribution is 2.21. The van der Waals surface area contributed by atoms with Crippen molar-refractivity contribution in [1.82, 2.24) is 15.0 Å². The molecule has 1 N–H and O–H groups in total. The number of aliphatic hydroxyl groups excluding tert-OH is 1. The molecule has 0 saturated carbocycles. The van der Waals surface area contributed by atoms with E-state index >= 15 is 0 Å². The van der Waals surface area contributed by atoms with Gasteiger partial charge in [-0.15, -0.1) is 0 Å². The second kappa shape index (κ2) is 7.85. The summed E-state index contributed by atoms with van der Waals surface area (Å²) in [6.45, 7) is 7.65. The molecule has 0 fully saturated rings. The fourth-order valence-electron chi connectivity index (χ4n) is 2.66. The third-order valence-electron chi connectivity index (χ3n) is 4.03. The van der Waals surface area contributed by atoms with Crippen LogP contribution in [0, 0.1) is 0 Å². The Morgan fingerprint density at radius 2 is 1.85 bits per heavy atom. The van der Waals surface area contributed by atoms with Crippen molar-refractivity contribution >= 4 is 0 Å². The summed E-state index contributed by atoms with van der Waals surface area (Å²) in [5, 5.41) is 14.6. The molecule has 6 heteroatoms. The van der Waals surface area contributed by atoms with Crippen LogP contribution in [0.3, 0.4) is 0 Å². The molecule has 1 atom stereocenters. The van der Waals surface area contributed by atoms with E-state index in [4.69, 9.17) is 8.94 Å². The molecule has 1 unspecified atom stereocenters. The molecule has 6 nitrogen and oxygen atoms in total. The molecule has 0 radical (unpaired) electrons. The lowest BCUT2D eigenvalue weighted by molar-refractivity contribution is 0.0856. The summed E-state index contributed by atoms with van der Waals surface area (Å²) < 4.78 is 10.7. The SMILES string of the molecule is CC(C)(C)c1nc(CN(Cc2ccccc2)CC(O)c2ccco2)no1. The lowest BCUT2D eigenvalue weighted by atomic mass is 9.97. The number of furan rings is 1. The molecule has 2 heterocycles. The van der Waals surface area contributed by atoms with Gasteiger partial charge < -0.3 is 14.0 Å². The highest BCUT2D eigenvalue weighted by molar-refractivity contribution is 5.15. The maximum absolute atomic E-state index is 10.5. The lowest BCUT2D eigenvalue weighted by Crippen LogP contribution is -2.28. The number of hydrogen-bond acceptors (Lipinski definition) is 6. The van der Waals surface area contributed by atoms with Crippen LogP contribution in [0.1, 0.15) is 49.9 Å². The summed E-state index contributed by atoms with van der Waals surface area (Å²) in [5.41, 5.74) is 0.960. The van der Waals surface area contributed by atoms with Gasteiger partial charge in [-0.3, -0.25) is 4.90 Å². The van der Waals surface area contributed by atoms with Crippen molar-refractivity contribution in [2.75, 3.05) is 6.54 Å². The molecule has 0 aliphatic rings. The van der Waals surface area contributed by atoms with Crippen LogP contribution in [0.4, 0.5) is 0 Å². The third kappa shape index (κ3) is 4.80. The Morgan fingerprint density at radius 1 is 1.08 bits per heavy atom. The first kappa shape index (κ1) is 18.4. The molecule has 26 heavy (non-hydrogen) atoms. The lowest BCUT2D eigenvalue weighted by Gasteiger charge is -2.23. The topological polar surface area (TPSA) is 75.5 Å². The van der Waals surface area contributed by atoms with Gasteiger partial charge in [0, 0.05) is 18.5 Å². The van der Waals surface area contributed by atoms with Gasteiger partial charge in [0.15, 0.2) is 5.82 Å². The van der Waals surface area contributed by atoms with Crippen LogP contribution in [0.5, 0.6) is 0 Å². The monoisotopic (exact) mass is 355 g/mol. The Kier molecular flexibility index (Phi) is 5.54. The molecule has 0 saturated heterocycles. The summed E-state index contributed by atoms with van der Waals surface area (Å²) in [4.78, 5) is 6.59. The van der Waals surface area contributed by atoms with Crippen molar-refractivity contribution in [3.63, 3.8) is 0 Å². The fraction of sp³-hybridized carbons (Fsp3) is 0.400. The highest BCUT2D eigenvalue weighted by atomic mass is 16.5. The van der Waals surface area contributed by atoms with Gasteiger partial charge >= 0.3 is 0 Å². The molecule has 0 aliphatic heterocycles. The van der Waals surface area contributed by atoms with Gasteiger partial charge in [0.25, 0.3) is 0 Å². The van der Waals surface area contributed by atoms with E-state index in [2.05, 4.69) is 27.2 Å². The second-order valence-electron chi connectivity index (χ2n) is 7.45. The molecular formula is C20H25N3O3. The maximum Gasteiger partial charge on any atom is 0.232 e. The quantitative estimate of drug-likeness (QED) is 0.696. The zero-order chi connectivity index (χ0) is 18.6. The summed E-state index contributed by atoms with van der Waals surface area (Å²) in [5.74, 6) is 1.77. The van der Waals surface area contributed by atoms with Crippen molar-refractivity contribution in [3.8, 4) is 0 Å². The van der Waals surface area contributed by atoms with E-state index in [1.165, 1.54) is 0 Å². The van der Waals surface area contributed by atoms with E-state index in [0.29, 0.717) is 37.1 Å². The van der Waals surface area contributed by atoms with Crippen molar-refractivity contribution in [3.05, 3.63) is 71.8 Å². The van der Waals surface area contributed by atoms with Crippen molar-refractivity contribution < 1.29 is 14.0 Å². The summed E-state index contributed by atoms with van der Waals surface area (Å²) in [7, 11) is 0. The second-order valence-corrected chi connectivity index (χ2v) is 7.45. The highest BCUT2D eigenvalue weighted by Gasteiger charge is 2.23. The standard InChI is InChI=1S/C20H25N3O3/c1-20(2,3)19-21-18(22-26-19)14-23(12-15-8-5-4-6-9-15)13-16(24)17-10-7-11-25-17/h4-11,16,24H,12-14H2,1-3H3. The van der Waals surface area contributed by atoms with E-state index in [9.17, 15) is 5.11 Å². The van der Waals surface area contributed by atoms with Gasteiger partial charge in [-0.05, 0) is 17.7 Å². The van der Waals surface area contributed by atoms with Gasteiger partial charge in [-0.2, -0.15) is 4.98 Å². The molecule has 1 aromatic carbocycles. The van der Waals surface area contributed by atoms with Crippen LogP contribution in [0.15, 0.2) is 57.7 Å².